The van der Waals surface area contributed by atoms with Crippen molar-refractivity contribution in [2.45, 2.75) is 78.8 Å². The van der Waals surface area contributed by atoms with Crippen LogP contribution in [0.3, 0.4) is 0 Å². The van der Waals surface area contributed by atoms with Crippen LogP contribution in [-0.2, 0) is 6.42 Å². The van der Waals surface area contributed by atoms with Gasteiger partial charge in [-0.2, -0.15) is 0 Å². The van der Waals surface area contributed by atoms with E-state index in [9.17, 15) is 0 Å². The smallest absolute Gasteiger partial charge is 0.0656 e. The molecule has 0 saturated heterocycles. The van der Waals surface area contributed by atoms with E-state index >= 15 is 0 Å². The van der Waals surface area contributed by atoms with Gasteiger partial charge in [0.1, 0.15) is 0 Å². The maximum Gasteiger partial charge on any atom is 0.0776 e. The van der Waals surface area contributed by atoms with Crippen molar-refractivity contribution in [3.63, 3.8) is 0 Å². The molecule has 0 N–H and O–H groups in total. The highest BCUT2D eigenvalue weighted by Gasteiger charge is 2.25. The zero-order valence-electron chi connectivity index (χ0n) is 19.9. The fourth-order valence-electron chi connectivity index (χ4n) is 4.28. The lowest BCUT2D eigenvalue weighted by atomic mass is 9.90. The molecule has 0 unspecified atom stereocenters. The van der Waals surface area contributed by atoms with Crippen molar-refractivity contribution in [1.82, 2.24) is 0 Å². The number of fused-ring (bicyclic) bond motifs is 1. The molecule has 2 heteroatoms. The van der Waals surface area contributed by atoms with Gasteiger partial charge in [-0.1, -0.05) is 118 Å². The fourth-order valence-corrected chi connectivity index (χ4v) is 6.78. The summed E-state index contributed by atoms with van der Waals surface area (Å²) in [4.78, 5) is 0. The van der Waals surface area contributed by atoms with Crippen LogP contribution in [0.4, 0.5) is 0 Å². The van der Waals surface area contributed by atoms with Gasteiger partial charge < -0.3 is 0 Å². The third kappa shape index (κ3) is 4.86. The number of rotatable bonds is 7. The molecule has 2 aromatic carbocycles. The Labute approximate surface area is 181 Å². The van der Waals surface area contributed by atoms with Crippen molar-refractivity contribution < 1.29 is 0 Å². The highest BCUT2D eigenvalue weighted by molar-refractivity contribution is 6.91. The van der Waals surface area contributed by atoms with Crippen LogP contribution >= 0.6 is 0 Å². The van der Waals surface area contributed by atoms with Crippen molar-refractivity contribution in [2.75, 3.05) is 0 Å². The van der Waals surface area contributed by atoms with Crippen molar-refractivity contribution in [3.8, 4) is 11.1 Å². The summed E-state index contributed by atoms with van der Waals surface area (Å²) in [5.74, 6) is 0. The first-order chi connectivity index (χ1) is 13.5. The number of allylic oxidation sites excluding steroid dienone is 1. The van der Waals surface area contributed by atoms with Crippen LogP contribution in [0.2, 0.25) is 39.3 Å². The lowest BCUT2D eigenvalue weighted by Gasteiger charge is -2.25. The number of hydrogen-bond donors (Lipinski definition) is 0. The van der Waals surface area contributed by atoms with Crippen molar-refractivity contribution in [1.29, 1.82) is 0 Å². The molecular weight excluding hydrogens is 380 g/mol. The van der Waals surface area contributed by atoms with Gasteiger partial charge in [0, 0.05) is 6.42 Å². The van der Waals surface area contributed by atoms with Crippen molar-refractivity contribution >= 4 is 32.6 Å². The molecule has 0 atom stereocenters. The number of aryl methyl sites for hydroxylation is 1. The average molecular weight is 420 g/mol. The van der Waals surface area contributed by atoms with E-state index in [0.29, 0.717) is 0 Å². The summed E-state index contributed by atoms with van der Waals surface area (Å²) in [5.41, 5.74) is 8.85. The van der Waals surface area contributed by atoms with Gasteiger partial charge in [-0.15, -0.1) is 0 Å². The first-order valence-electron chi connectivity index (χ1n) is 11.4. The molecule has 0 saturated carbocycles. The Hall–Kier alpha value is -1.39. The van der Waals surface area contributed by atoms with Crippen LogP contribution in [0.15, 0.2) is 35.9 Å². The van der Waals surface area contributed by atoms with Crippen molar-refractivity contribution in [3.05, 3.63) is 59.0 Å². The Bertz CT molecular complexity index is 889. The predicted octanol–water partition coefficient (Wildman–Crippen LogP) is 7.15. The summed E-state index contributed by atoms with van der Waals surface area (Å²) < 4.78 is 0. The molecule has 0 aromatic heterocycles. The van der Waals surface area contributed by atoms with Crippen LogP contribution in [0.5, 0.6) is 0 Å². The Morgan fingerprint density at radius 3 is 1.83 bits per heavy atom. The van der Waals surface area contributed by atoms with E-state index in [2.05, 4.69) is 96.0 Å². The van der Waals surface area contributed by atoms with Gasteiger partial charge in [-0.3, -0.25) is 0 Å². The van der Waals surface area contributed by atoms with E-state index in [1.54, 1.807) is 10.4 Å². The molecular formula is C27H39Si2. The minimum atomic E-state index is -1.40. The SMILES string of the molecule is CCCC1=Cc2c(ccc(CCC)c2-c2cc([Si](C)(C)C)cc([Si](C)(C)C)c2)[CH]1. The highest BCUT2D eigenvalue weighted by Crippen LogP contribution is 2.39. The molecule has 0 nitrogen and oxygen atoms in total. The van der Waals surface area contributed by atoms with Crippen LogP contribution < -0.4 is 10.4 Å². The third-order valence-corrected chi connectivity index (χ3v) is 10.1. The summed E-state index contributed by atoms with van der Waals surface area (Å²) in [6.45, 7) is 19.5. The van der Waals surface area contributed by atoms with E-state index in [1.807, 2.05) is 0 Å². The predicted molar refractivity (Wildman–Crippen MR) is 138 cm³/mol. The van der Waals surface area contributed by atoms with Crippen LogP contribution in [0.1, 0.15) is 49.8 Å². The molecule has 2 aromatic rings. The first-order valence-corrected chi connectivity index (χ1v) is 18.4. The molecule has 0 bridgehead atoms. The second kappa shape index (κ2) is 8.39. The second-order valence-corrected chi connectivity index (χ2v) is 20.9. The van der Waals surface area contributed by atoms with Gasteiger partial charge in [0.15, 0.2) is 0 Å². The monoisotopic (exact) mass is 419 g/mol. The Kier molecular flexibility index (Phi) is 6.45. The van der Waals surface area contributed by atoms with Crippen LogP contribution in [0, 0.1) is 6.42 Å². The molecule has 1 radical (unpaired) electrons. The summed E-state index contributed by atoms with van der Waals surface area (Å²) in [7, 11) is -2.79. The Morgan fingerprint density at radius 1 is 0.724 bits per heavy atom. The van der Waals surface area contributed by atoms with Gasteiger partial charge in [0.2, 0.25) is 0 Å². The number of benzene rings is 2. The summed E-state index contributed by atoms with van der Waals surface area (Å²) in [5, 5.41) is 3.21. The van der Waals surface area contributed by atoms with Crippen molar-refractivity contribution in [2.24, 2.45) is 0 Å². The minimum absolute atomic E-state index is 1.15. The largest absolute Gasteiger partial charge is 0.0776 e. The van der Waals surface area contributed by atoms with E-state index in [4.69, 9.17) is 0 Å². The molecule has 1 aliphatic carbocycles. The second-order valence-electron chi connectivity index (χ2n) is 10.8. The molecule has 155 valence electrons. The summed E-state index contributed by atoms with van der Waals surface area (Å²) in [6.07, 6.45) is 9.61. The standard InChI is InChI=1S/C27H39Si2/c1-9-11-20-15-22-14-13-21(12-10-2)27(26(22)16-20)23-17-24(28(3,4)5)19-25(18-23)29(6,7)8/h13-19H,9-12H2,1-8H3. The maximum absolute atomic E-state index is 2.55. The molecule has 0 amide bonds. The van der Waals surface area contributed by atoms with E-state index in [1.165, 1.54) is 52.7 Å². The van der Waals surface area contributed by atoms with Gasteiger partial charge in [-0.05, 0) is 40.7 Å². The maximum atomic E-state index is 2.55. The zero-order chi connectivity index (χ0) is 21.4. The van der Waals surface area contributed by atoms with E-state index in [-0.39, 0.29) is 0 Å². The molecule has 29 heavy (non-hydrogen) atoms. The number of hydrogen-bond acceptors (Lipinski definition) is 0. The zero-order valence-corrected chi connectivity index (χ0v) is 21.9. The average Bonchev–Trinajstić information content (AvgIpc) is 3.03. The highest BCUT2D eigenvalue weighted by atomic mass is 28.3. The lowest BCUT2D eigenvalue weighted by molar-refractivity contribution is 0.921. The molecule has 0 aliphatic heterocycles. The minimum Gasteiger partial charge on any atom is -0.0656 e. The van der Waals surface area contributed by atoms with E-state index in [0.717, 1.165) is 6.42 Å². The van der Waals surface area contributed by atoms with E-state index < -0.39 is 16.1 Å². The molecule has 1 aliphatic rings. The van der Waals surface area contributed by atoms with Gasteiger partial charge >= 0.3 is 0 Å². The molecule has 0 fully saturated rings. The molecule has 0 spiro atoms. The third-order valence-electron chi connectivity index (χ3n) is 6.05. The van der Waals surface area contributed by atoms with Gasteiger partial charge in [0.05, 0.1) is 16.1 Å². The van der Waals surface area contributed by atoms with Gasteiger partial charge in [-0.25, -0.2) is 0 Å². The Balaban J connectivity index is 2.29. The molecule has 0 heterocycles. The van der Waals surface area contributed by atoms with Crippen LogP contribution in [-0.4, -0.2) is 16.1 Å². The fraction of sp³-hybridized carbons (Fsp3) is 0.444. The Morgan fingerprint density at radius 2 is 1.31 bits per heavy atom. The normalized spacial score (nSPS) is 14.1. The summed E-state index contributed by atoms with van der Waals surface area (Å²) >= 11 is 0. The van der Waals surface area contributed by atoms with Gasteiger partial charge in [0.25, 0.3) is 0 Å². The summed E-state index contributed by atoms with van der Waals surface area (Å²) in [6, 6.07) is 12.4. The van der Waals surface area contributed by atoms with Crippen LogP contribution in [0.25, 0.3) is 17.2 Å². The first kappa shape index (κ1) is 22.3. The quantitative estimate of drug-likeness (QED) is 0.418. The molecule has 3 rings (SSSR count). The lowest BCUT2D eigenvalue weighted by Crippen LogP contribution is -2.45. The topological polar surface area (TPSA) is 0 Å².